The molecular weight excluding hydrogens is 466 g/mol. The Balaban J connectivity index is 1.58. The fourth-order valence-electron chi connectivity index (χ4n) is 4.22. The summed E-state index contributed by atoms with van der Waals surface area (Å²) < 4.78 is 55.7. The van der Waals surface area contributed by atoms with Crippen molar-refractivity contribution >= 4 is 26.1 Å². The molecule has 1 aliphatic heterocycles. The standard InChI is InChI=1S/C21H31N5O5S2/c1-24(19-6-3-2-4-7-19)33(30,31)26-16-14-25(15-17-26)21(27)18-8-10-20(11-9-18)32(28,29)23-13-5-12-22/h8-11,19,23H,2-7,13-17H2,1H3. The third kappa shape index (κ3) is 6.10. The topological polar surface area (TPSA) is 131 Å². The average Bonchev–Trinajstić information content (AvgIpc) is 2.84. The zero-order chi connectivity index (χ0) is 24.1. The molecule has 1 aromatic rings. The van der Waals surface area contributed by atoms with E-state index in [0.717, 1.165) is 32.1 Å². The third-order valence-corrected chi connectivity index (χ3v) is 9.77. The summed E-state index contributed by atoms with van der Waals surface area (Å²) in [6, 6.07) is 7.49. The second kappa shape index (κ2) is 10.9. The summed E-state index contributed by atoms with van der Waals surface area (Å²) in [6.45, 7) is 1.00. The van der Waals surface area contributed by atoms with Crippen LogP contribution in [0.2, 0.25) is 0 Å². The normalized spacial score (nSPS) is 18.9. The Morgan fingerprint density at radius 2 is 1.67 bits per heavy atom. The Kier molecular flexibility index (Phi) is 8.47. The van der Waals surface area contributed by atoms with Gasteiger partial charge in [0, 0.05) is 57.8 Å². The molecule has 182 valence electrons. The number of piperazine rings is 1. The number of benzene rings is 1. The van der Waals surface area contributed by atoms with Gasteiger partial charge in [-0.2, -0.15) is 22.3 Å². The van der Waals surface area contributed by atoms with E-state index in [0.29, 0.717) is 5.56 Å². The average molecular weight is 498 g/mol. The lowest BCUT2D eigenvalue weighted by molar-refractivity contribution is 0.0692. The lowest BCUT2D eigenvalue weighted by Crippen LogP contribution is -2.55. The van der Waals surface area contributed by atoms with E-state index >= 15 is 0 Å². The number of sulfonamides is 1. The number of rotatable bonds is 8. The molecule has 0 unspecified atom stereocenters. The highest BCUT2D eigenvalue weighted by molar-refractivity contribution is 7.89. The van der Waals surface area contributed by atoms with Gasteiger partial charge in [0.2, 0.25) is 10.0 Å². The predicted molar refractivity (Wildman–Crippen MR) is 123 cm³/mol. The highest BCUT2D eigenvalue weighted by Crippen LogP contribution is 2.25. The summed E-state index contributed by atoms with van der Waals surface area (Å²) in [5.74, 6) is -0.269. The van der Waals surface area contributed by atoms with Crippen molar-refractivity contribution in [2.24, 2.45) is 0 Å². The van der Waals surface area contributed by atoms with Crippen molar-refractivity contribution in [2.75, 3.05) is 39.8 Å². The lowest BCUT2D eigenvalue weighted by atomic mass is 9.96. The molecule has 1 saturated heterocycles. The van der Waals surface area contributed by atoms with Crippen LogP contribution in [0.1, 0.15) is 48.9 Å². The maximum Gasteiger partial charge on any atom is 0.282 e. The van der Waals surface area contributed by atoms with E-state index in [1.807, 2.05) is 6.07 Å². The van der Waals surface area contributed by atoms with Crippen molar-refractivity contribution in [3.05, 3.63) is 29.8 Å². The van der Waals surface area contributed by atoms with E-state index < -0.39 is 20.2 Å². The molecule has 3 rings (SSSR count). The van der Waals surface area contributed by atoms with Gasteiger partial charge in [-0.1, -0.05) is 19.3 Å². The van der Waals surface area contributed by atoms with E-state index in [2.05, 4.69) is 4.72 Å². The van der Waals surface area contributed by atoms with Gasteiger partial charge in [0.25, 0.3) is 16.1 Å². The second-order valence-corrected chi connectivity index (χ2v) is 12.1. The zero-order valence-corrected chi connectivity index (χ0v) is 20.4. The van der Waals surface area contributed by atoms with Gasteiger partial charge in [0.1, 0.15) is 0 Å². The molecule has 2 fully saturated rings. The molecule has 0 spiro atoms. The number of carbonyl (C=O) groups excluding carboxylic acids is 1. The van der Waals surface area contributed by atoms with Crippen LogP contribution in [0.3, 0.4) is 0 Å². The predicted octanol–water partition coefficient (Wildman–Crippen LogP) is 1.15. The molecule has 0 atom stereocenters. The summed E-state index contributed by atoms with van der Waals surface area (Å²) in [5.41, 5.74) is 0.335. The molecule has 33 heavy (non-hydrogen) atoms. The van der Waals surface area contributed by atoms with Crippen LogP contribution in [0.4, 0.5) is 0 Å². The molecule has 1 N–H and O–H groups in total. The van der Waals surface area contributed by atoms with Gasteiger partial charge in [0.15, 0.2) is 0 Å². The van der Waals surface area contributed by atoms with Gasteiger partial charge in [-0.3, -0.25) is 4.79 Å². The quantitative estimate of drug-likeness (QED) is 0.536. The van der Waals surface area contributed by atoms with Crippen LogP contribution >= 0.6 is 0 Å². The van der Waals surface area contributed by atoms with E-state index in [4.69, 9.17) is 5.26 Å². The van der Waals surface area contributed by atoms with Gasteiger partial charge >= 0.3 is 0 Å². The fraction of sp³-hybridized carbons (Fsp3) is 0.619. The molecule has 0 bridgehead atoms. The molecule has 1 aliphatic carbocycles. The molecule has 1 saturated carbocycles. The smallest absolute Gasteiger partial charge is 0.282 e. The van der Waals surface area contributed by atoms with Crippen LogP contribution in [-0.2, 0) is 20.2 Å². The third-order valence-electron chi connectivity index (χ3n) is 6.25. The van der Waals surface area contributed by atoms with Crippen molar-refractivity contribution in [3.63, 3.8) is 0 Å². The fourth-order valence-corrected chi connectivity index (χ4v) is 6.83. The van der Waals surface area contributed by atoms with Crippen molar-refractivity contribution in [1.29, 1.82) is 5.26 Å². The highest BCUT2D eigenvalue weighted by atomic mass is 32.2. The number of hydrogen-bond donors (Lipinski definition) is 1. The molecular formula is C21H31N5O5S2. The minimum atomic E-state index is -3.75. The lowest BCUT2D eigenvalue weighted by Gasteiger charge is -2.38. The van der Waals surface area contributed by atoms with Crippen molar-refractivity contribution in [3.8, 4) is 6.07 Å². The van der Waals surface area contributed by atoms with Crippen molar-refractivity contribution < 1.29 is 21.6 Å². The van der Waals surface area contributed by atoms with E-state index in [-0.39, 0.29) is 56.0 Å². The summed E-state index contributed by atoms with van der Waals surface area (Å²) >= 11 is 0. The van der Waals surface area contributed by atoms with Crippen LogP contribution in [0.25, 0.3) is 0 Å². The monoisotopic (exact) mass is 497 g/mol. The summed E-state index contributed by atoms with van der Waals surface area (Å²) in [7, 11) is -5.67. The van der Waals surface area contributed by atoms with Crippen LogP contribution in [0.15, 0.2) is 29.2 Å². The highest BCUT2D eigenvalue weighted by Gasteiger charge is 2.35. The minimum Gasteiger partial charge on any atom is -0.336 e. The second-order valence-electron chi connectivity index (χ2n) is 8.34. The molecule has 10 nitrogen and oxygen atoms in total. The van der Waals surface area contributed by atoms with Crippen LogP contribution in [0.5, 0.6) is 0 Å². The number of nitrogens with one attached hydrogen (secondary N) is 1. The molecule has 12 heteroatoms. The summed E-state index contributed by atoms with van der Waals surface area (Å²) in [6.07, 6.45) is 5.07. The largest absolute Gasteiger partial charge is 0.336 e. The maximum absolute atomic E-state index is 13.0. The Morgan fingerprint density at radius 3 is 2.24 bits per heavy atom. The van der Waals surface area contributed by atoms with Crippen LogP contribution < -0.4 is 4.72 Å². The molecule has 1 heterocycles. The molecule has 2 aliphatic rings. The van der Waals surface area contributed by atoms with Gasteiger partial charge in [-0.25, -0.2) is 13.1 Å². The van der Waals surface area contributed by atoms with E-state index in [1.165, 1.54) is 32.9 Å². The van der Waals surface area contributed by atoms with E-state index in [9.17, 15) is 21.6 Å². The molecule has 1 aromatic carbocycles. The number of nitrogens with zero attached hydrogens (tertiary/aromatic N) is 4. The first kappa shape index (κ1) is 25.6. The molecule has 0 radical (unpaired) electrons. The Bertz CT molecular complexity index is 1070. The zero-order valence-electron chi connectivity index (χ0n) is 18.8. The van der Waals surface area contributed by atoms with E-state index in [1.54, 1.807) is 11.9 Å². The Morgan fingerprint density at radius 1 is 1.06 bits per heavy atom. The minimum absolute atomic E-state index is 0.0126. The number of hydrogen-bond acceptors (Lipinski definition) is 6. The van der Waals surface area contributed by atoms with Gasteiger partial charge in [0.05, 0.1) is 11.0 Å². The Labute approximate surface area is 196 Å². The van der Waals surface area contributed by atoms with Crippen LogP contribution in [-0.4, -0.2) is 82.1 Å². The summed E-state index contributed by atoms with van der Waals surface area (Å²) in [4.78, 5) is 14.5. The Hall–Kier alpha value is -2.04. The first-order valence-electron chi connectivity index (χ1n) is 11.2. The molecule has 1 amide bonds. The first-order valence-corrected chi connectivity index (χ1v) is 14.0. The van der Waals surface area contributed by atoms with Crippen LogP contribution in [0, 0.1) is 11.3 Å². The van der Waals surface area contributed by atoms with Gasteiger partial charge < -0.3 is 4.90 Å². The van der Waals surface area contributed by atoms with Gasteiger partial charge in [-0.15, -0.1) is 0 Å². The first-order chi connectivity index (χ1) is 15.7. The number of carbonyl (C=O) groups is 1. The number of nitriles is 1. The van der Waals surface area contributed by atoms with Gasteiger partial charge in [-0.05, 0) is 37.1 Å². The number of amides is 1. The molecule has 0 aromatic heterocycles. The van der Waals surface area contributed by atoms with Crippen molar-refractivity contribution in [2.45, 2.75) is 49.5 Å². The van der Waals surface area contributed by atoms with Crippen molar-refractivity contribution in [1.82, 2.24) is 18.2 Å². The SMILES string of the molecule is CN(C1CCCCC1)S(=O)(=O)N1CCN(C(=O)c2ccc(S(=O)(=O)NCCC#N)cc2)CC1. The maximum atomic E-state index is 13.0. The summed E-state index contributed by atoms with van der Waals surface area (Å²) in [5, 5.41) is 8.54.